The molecule has 0 aliphatic rings. The Balaban J connectivity index is 2.22. The molecule has 0 bridgehead atoms. The molecule has 0 saturated heterocycles. The van der Waals surface area contributed by atoms with E-state index in [0.717, 1.165) is 15.4 Å². The van der Waals surface area contributed by atoms with E-state index in [1.165, 1.54) is 23.5 Å². The van der Waals surface area contributed by atoms with Crippen LogP contribution in [0.4, 0.5) is 18.9 Å². The van der Waals surface area contributed by atoms with Gasteiger partial charge in [-0.3, -0.25) is 0 Å². The van der Waals surface area contributed by atoms with E-state index >= 15 is 0 Å². The molecular formula is C13H8BrF3N2S. The third-order valence-electron chi connectivity index (χ3n) is 2.59. The number of halogens is 4. The van der Waals surface area contributed by atoms with Gasteiger partial charge in [0.25, 0.3) is 0 Å². The predicted molar refractivity (Wildman–Crippen MR) is 75.5 cm³/mol. The van der Waals surface area contributed by atoms with E-state index in [9.17, 15) is 13.2 Å². The number of benzene rings is 1. The summed E-state index contributed by atoms with van der Waals surface area (Å²) in [6.45, 7) is 0.418. The highest BCUT2D eigenvalue weighted by molar-refractivity contribution is 9.10. The minimum Gasteiger partial charge on any atom is -0.380 e. The van der Waals surface area contributed by atoms with Gasteiger partial charge in [0.2, 0.25) is 0 Å². The molecule has 0 unspecified atom stereocenters. The average molecular weight is 361 g/mol. The zero-order chi connectivity index (χ0) is 14.8. The molecular weight excluding hydrogens is 353 g/mol. The molecule has 1 heterocycles. The van der Waals surface area contributed by atoms with Crippen LogP contribution in [0.2, 0.25) is 0 Å². The van der Waals surface area contributed by atoms with Crippen LogP contribution in [-0.2, 0) is 12.7 Å². The Bertz CT molecular complexity index is 658. The first-order chi connectivity index (χ1) is 9.41. The van der Waals surface area contributed by atoms with Gasteiger partial charge in [0.05, 0.1) is 23.7 Å². The molecule has 20 heavy (non-hydrogen) atoms. The average Bonchev–Trinajstić information content (AvgIpc) is 2.80. The van der Waals surface area contributed by atoms with E-state index in [0.29, 0.717) is 12.2 Å². The highest BCUT2D eigenvalue weighted by Crippen LogP contribution is 2.34. The summed E-state index contributed by atoms with van der Waals surface area (Å²) >= 11 is 4.86. The Labute approximate surface area is 126 Å². The summed E-state index contributed by atoms with van der Waals surface area (Å²) < 4.78 is 39.3. The van der Waals surface area contributed by atoms with Crippen molar-refractivity contribution < 1.29 is 13.2 Å². The normalized spacial score (nSPS) is 11.2. The van der Waals surface area contributed by atoms with Crippen molar-refractivity contribution in [2.45, 2.75) is 12.7 Å². The van der Waals surface area contributed by atoms with E-state index in [1.54, 1.807) is 6.07 Å². The maximum Gasteiger partial charge on any atom is 0.417 e. The number of alkyl halides is 3. The predicted octanol–water partition coefficient (Wildman–Crippen LogP) is 5.01. The SMILES string of the molecule is N#Cc1ccc(NCc2sccc2Br)cc1C(F)(F)F. The molecule has 7 heteroatoms. The molecule has 0 fully saturated rings. The summed E-state index contributed by atoms with van der Waals surface area (Å²) in [6.07, 6.45) is -4.54. The third kappa shape index (κ3) is 3.32. The lowest BCUT2D eigenvalue weighted by Crippen LogP contribution is -2.09. The first-order valence-electron chi connectivity index (χ1n) is 5.49. The number of thiophene rings is 1. The van der Waals surface area contributed by atoms with Crippen LogP contribution in [0.5, 0.6) is 0 Å². The van der Waals surface area contributed by atoms with Crippen LogP contribution in [0.15, 0.2) is 34.1 Å². The van der Waals surface area contributed by atoms with Crippen molar-refractivity contribution in [2.24, 2.45) is 0 Å². The highest BCUT2D eigenvalue weighted by atomic mass is 79.9. The number of hydrogen-bond acceptors (Lipinski definition) is 3. The summed E-state index contributed by atoms with van der Waals surface area (Å²) in [4.78, 5) is 0.989. The second kappa shape index (κ2) is 5.85. The molecule has 0 atom stereocenters. The molecule has 2 rings (SSSR count). The molecule has 0 aliphatic carbocycles. The second-order valence-electron chi connectivity index (χ2n) is 3.92. The van der Waals surface area contributed by atoms with Gasteiger partial charge in [-0.05, 0) is 45.6 Å². The zero-order valence-electron chi connectivity index (χ0n) is 9.96. The van der Waals surface area contributed by atoms with Gasteiger partial charge in [-0.15, -0.1) is 11.3 Å². The summed E-state index contributed by atoms with van der Waals surface area (Å²) in [5, 5.41) is 13.5. The smallest absolute Gasteiger partial charge is 0.380 e. The van der Waals surface area contributed by atoms with Gasteiger partial charge in [-0.25, -0.2) is 0 Å². The molecule has 2 nitrogen and oxygen atoms in total. The summed E-state index contributed by atoms with van der Waals surface area (Å²) in [6, 6.07) is 7.03. The highest BCUT2D eigenvalue weighted by Gasteiger charge is 2.33. The van der Waals surface area contributed by atoms with E-state index in [-0.39, 0.29) is 5.56 Å². The largest absolute Gasteiger partial charge is 0.417 e. The Morgan fingerprint density at radius 3 is 2.60 bits per heavy atom. The first-order valence-corrected chi connectivity index (χ1v) is 7.16. The molecule has 104 valence electrons. The van der Waals surface area contributed by atoms with Crippen LogP contribution < -0.4 is 5.32 Å². The van der Waals surface area contributed by atoms with Crippen molar-refractivity contribution in [1.29, 1.82) is 5.26 Å². The molecule has 0 saturated carbocycles. The second-order valence-corrected chi connectivity index (χ2v) is 5.77. The number of anilines is 1. The van der Waals surface area contributed by atoms with E-state index < -0.39 is 11.7 Å². The van der Waals surface area contributed by atoms with E-state index in [4.69, 9.17) is 5.26 Å². The Hall–Kier alpha value is -1.52. The number of hydrogen-bond donors (Lipinski definition) is 1. The maximum absolute atomic E-state index is 12.8. The lowest BCUT2D eigenvalue weighted by molar-refractivity contribution is -0.137. The van der Waals surface area contributed by atoms with Crippen LogP contribution in [0, 0.1) is 11.3 Å². The Kier molecular flexibility index (Phi) is 4.35. The fourth-order valence-electron chi connectivity index (χ4n) is 1.62. The zero-order valence-corrected chi connectivity index (χ0v) is 12.4. The van der Waals surface area contributed by atoms with Gasteiger partial charge < -0.3 is 5.32 Å². The summed E-state index contributed by atoms with van der Waals surface area (Å²) in [5.41, 5.74) is -0.966. The van der Waals surface area contributed by atoms with Crippen LogP contribution in [-0.4, -0.2) is 0 Å². The van der Waals surface area contributed by atoms with Crippen LogP contribution in [0.25, 0.3) is 0 Å². The van der Waals surface area contributed by atoms with Gasteiger partial charge >= 0.3 is 6.18 Å². The molecule has 0 amide bonds. The molecule has 1 aromatic carbocycles. The van der Waals surface area contributed by atoms with E-state index in [2.05, 4.69) is 21.2 Å². The summed E-state index contributed by atoms with van der Waals surface area (Å²) in [5.74, 6) is 0. The van der Waals surface area contributed by atoms with E-state index in [1.807, 2.05) is 11.4 Å². The van der Waals surface area contributed by atoms with Gasteiger partial charge in [-0.1, -0.05) is 0 Å². The minimum atomic E-state index is -4.54. The summed E-state index contributed by atoms with van der Waals surface area (Å²) in [7, 11) is 0. The number of nitrogens with zero attached hydrogens (tertiary/aromatic N) is 1. The molecule has 0 radical (unpaired) electrons. The van der Waals surface area contributed by atoms with Crippen LogP contribution in [0.1, 0.15) is 16.0 Å². The molecule has 0 aliphatic heterocycles. The molecule has 1 aromatic heterocycles. The lowest BCUT2D eigenvalue weighted by atomic mass is 10.1. The number of nitriles is 1. The van der Waals surface area contributed by atoms with Gasteiger partial charge in [0.1, 0.15) is 0 Å². The number of rotatable bonds is 3. The standard InChI is InChI=1S/C13H8BrF3N2S/c14-11-3-4-20-12(11)7-19-9-2-1-8(6-18)10(5-9)13(15,16)17/h1-5,19H,7H2. The fraction of sp³-hybridized carbons (Fsp3) is 0.154. The van der Waals surface area contributed by atoms with Crippen molar-refractivity contribution in [3.8, 4) is 6.07 Å². The van der Waals surface area contributed by atoms with Gasteiger partial charge in [0.15, 0.2) is 0 Å². The molecule has 1 N–H and O–H groups in total. The van der Waals surface area contributed by atoms with Gasteiger partial charge in [-0.2, -0.15) is 18.4 Å². The van der Waals surface area contributed by atoms with Gasteiger partial charge in [0, 0.05) is 15.0 Å². The minimum absolute atomic E-state index is 0.330. The van der Waals surface area contributed by atoms with Crippen molar-refractivity contribution in [1.82, 2.24) is 0 Å². The molecule has 0 spiro atoms. The Morgan fingerprint density at radius 1 is 1.30 bits per heavy atom. The van der Waals surface area contributed by atoms with Crippen LogP contribution >= 0.6 is 27.3 Å². The lowest BCUT2D eigenvalue weighted by Gasteiger charge is -2.12. The third-order valence-corrected chi connectivity index (χ3v) is 4.52. The van der Waals surface area contributed by atoms with Crippen molar-refractivity contribution in [2.75, 3.05) is 5.32 Å². The monoisotopic (exact) mass is 360 g/mol. The number of nitrogens with one attached hydrogen (secondary N) is 1. The Morgan fingerprint density at radius 2 is 2.05 bits per heavy atom. The molecule has 2 aromatic rings. The first kappa shape index (κ1) is 14.9. The van der Waals surface area contributed by atoms with Crippen molar-refractivity contribution in [3.63, 3.8) is 0 Å². The van der Waals surface area contributed by atoms with Crippen molar-refractivity contribution in [3.05, 3.63) is 50.1 Å². The maximum atomic E-state index is 12.8. The van der Waals surface area contributed by atoms with Crippen LogP contribution in [0.3, 0.4) is 0 Å². The topological polar surface area (TPSA) is 35.8 Å². The fourth-order valence-corrected chi connectivity index (χ4v) is 3.05. The van der Waals surface area contributed by atoms with Crippen molar-refractivity contribution >= 4 is 33.0 Å². The quantitative estimate of drug-likeness (QED) is 0.834.